The van der Waals surface area contributed by atoms with E-state index in [2.05, 4.69) is 33.7 Å². The molecule has 1 aromatic heterocycles. The fourth-order valence-corrected chi connectivity index (χ4v) is 3.95. The van der Waals surface area contributed by atoms with Gasteiger partial charge in [-0.3, -0.25) is 9.78 Å². The third-order valence-electron chi connectivity index (χ3n) is 5.78. The lowest BCUT2D eigenvalue weighted by atomic mass is 9.98. The van der Waals surface area contributed by atoms with Crippen LogP contribution in [0.3, 0.4) is 0 Å². The molecule has 30 heavy (non-hydrogen) atoms. The second kappa shape index (κ2) is 8.79. The molecule has 156 valence electrons. The van der Waals surface area contributed by atoms with E-state index in [-0.39, 0.29) is 11.6 Å². The predicted octanol–water partition coefficient (Wildman–Crippen LogP) is 3.48. The molecule has 2 aliphatic rings. The zero-order valence-electron chi connectivity index (χ0n) is 17.5. The number of halogens is 1. The van der Waals surface area contributed by atoms with Gasteiger partial charge in [-0.2, -0.15) is 0 Å². The van der Waals surface area contributed by atoms with E-state index in [1.807, 2.05) is 24.3 Å². The number of hydrogen-bond donors (Lipinski definition) is 0. The molecule has 0 amide bonds. The Morgan fingerprint density at radius 3 is 2.70 bits per heavy atom. The summed E-state index contributed by atoms with van der Waals surface area (Å²) in [4.78, 5) is 23.3. The molecule has 3 heterocycles. The average Bonchev–Trinajstić information content (AvgIpc) is 2.77. The van der Waals surface area contributed by atoms with Crippen LogP contribution in [0.15, 0.2) is 48.3 Å². The highest BCUT2D eigenvalue weighted by atomic mass is 19.1. The van der Waals surface area contributed by atoms with Gasteiger partial charge in [0.1, 0.15) is 5.82 Å². The summed E-state index contributed by atoms with van der Waals surface area (Å²) in [5.74, 6) is -0.295. The Hall–Kier alpha value is -2.99. The zero-order chi connectivity index (χ0) is 21.1. The first-order valence-electron chi connectivity index (χ1n) is 10.4. The van der Waals surface area contributed by atoms with Gasteiger partial charge >= 0.3 is 0 Å². The number of nitrogens with zero attached hydrogens (tertiary/aromatic N) is 4. The van der Waals surface area contributed by atoms with E-state index in [0.717, 1.165) is 49.5 Å². The van der Waals surface area contributed by atoms with E-state index >= 15 is 0 Å². The molecule has 0 unspecified atom stereocenters. The molecule has 0 atom stereocenters. The number of benzene rings is 1. The van der Waals surface area contributed by atoms with Gasteiger partial charge in [0.05, 0.1) is 5.69 Å². The Bertz CT molecular complexity index is 978. The highest BCUT2D eigenvalue weighted by molar-refractivity contribution is 6.11. The van der Waals surface area contributed by atoms with Crippen molar-refractivity contribution in [1.82, 2.24) is 9.88 Å². The summed E-state index contributed by atoms with van der Waals surface area (Å²) < 4.78 is 15.0. The summed E-state index contributed by atoms with van der Waals surface area (Å²) in [5, 5.41) is 0. The minimum Gasteiger partial charge on any atom is -0.367 e. The van der Waals surface area contributed by atoms with Crippen LogP contribution in [0.4, 0.5) is 15.8 Å². The fourth-order valence-electron chi connectivity index (χ4n) is 3.95. The molecule has 0 spiro atoms. The number of anilines is 2. The van der Waals surface area contributed by atoms with Crippen LogP contribution in [0.5, 0.6) is 0 Å². The molecule has 5 nitrogen and oxygen atoms in total. The van der Waals surface area contributed by atoms with Crippen LogP contribution in [0.25, 0.3) is 12.2 Å². The van der Waals surface area contributed by atoms with E-state index in [4.69, 9.17) is 0 Å². The smallest absolute Gasteiger partial charge is 0.183 e. The topological polar surface area (TPSA) is 39.7 Å². The standard InChI is InChI=1S/C24H27FN4O/c1-3-28-17-20(24(30)7-6-18-5-4-8-26-16-18)13-19-14-21(25)23(15-22(19)28)29-11-9-27(2)10-12-29/h4-8,13-16H,3,9-12,17H2,1-2H3. The Kier molecular flexibility index (Phi) is 5.95. The molecule has 0 aliphatic carbocycles. The van der Waals surface area contributed by atoms with Gasteiger partial charge < -0.3 is 14.7 Å². The second-order valence-corrected chi connectivity index (χ2v) is 7.82. The summed E-state index contributed by atoms with van der Waals surface area (Å²) >= 11 is 0. The van der Waals surface area contributed by atoms with Crippen LogP contribution in [0, 0.1) is 5.82 Å². The Morgan fingerprint density at radius 1 is 1.20 bits per heavy atom. The van der Waals surface area contributed by atoms with Crippen molar-refractivity contribution >= 4 is 29.3 Å². The second-order valence-electron chi connectivity index (χ2n) is 7.82. The van der Waals surface area contributed by atoms with Crippen molar-refractivity contribution in [2.24, 2.45) is 0 Å². The maximum atomic E-state index is 15.0. The predicted molar refractivity (Wildman–Crippen MR) is 120 cm³/mol. The van der Waals surface area contributed by atoms with Gasteiger partial charge in [-0.25, -0.2) is 4.39 Å². The van der Waals surface area contributed by atoms with Gasteiger partial charge in [-0.15, -0.1) is 0 Å². The molecule has 1 aromatic carbocycles. The number of piperazine rings is 1. The number of ketones is 1. The average molecular weight is 407 g/mol. The number of carbonyl (C=O) groups is 1. The molecule has 2 aromatic rings. The molecular weight excluding hydrogens is 379 g/mol. The first kappa shape index (κ1) is 20.3. The molecule has 6 heteroatoms. The molecule has 0 bridgehead atoms. The summed E-state index contributed by atoms with van der Waals surface area (Å²) in [6.07, 6.45) is 8.57. The normalized spacial score (nSPS) is 17.2. The summed E-state index contributed by atoms with van der Waals surface area (Å²) in [7, 11) is 2.09. The summed E-state index contributed by atoms with van der Waals surface area (Å²) in [6, 6.07) is 7.25. The van der Waals surface area contributed by atoms with Crippen molar-refractivity contribution in [1.29, 1.82) is 0 Å². The molecule has 0 saturated carbocycles. The number of fused-ring (bicyclic) bond motifs is 1. The van der Waals surface area contributed by atoms with Gasteiger partial charge in [0.2, 0.25) is 0 Å². The first-order valence-corrected chi connectivity index (χ1v) is 10.4. The molecule has 1 saturated heterocycles. The molecular formula is C24H27FN4O. The molecule has 0 radical (unpaired) electrons. The van der Waals surface area contributed by atoms with Gasteiger partial charge in [-0.1, -0.05) is 6.07 Å². The highest BCUT2D eigenvalue weighted by Gasteiger charge is 2.24. The number of hydrogen-bond acceptors (Lipinski definition) is 5. The first-order chi connectivity index (χ1) is 14.5. The minimum absolute atomic E-state index is 0.0634. The lowest BCUT2D eigenvalue weighted by Crippen LogP contribution is -2.45. The quantitative estimate of drug-likeness (QED) is 0.711. The van der Waals surface area contributed by atoms with E-state index in [1.165, 1.54) is 0 Å². The van der Waals surface area contributed by atoms with E-state index in [1.54, 1.807) is 30.6 Å². The number of pyridine rings is 1. The highest BCUT2D eigenvalue weighted by Crippen LogP contribution is 2.35. The third-order valence-corrected chi connectivity index (χ3v) is 5.78. The van der Waals surface area contributed by atoms with Crippen molar-refractivity contribution in [2.75, 3.05) is 56.1 Å². The lowest BCUT2D eigenvalue weighted by molar-refractivity contribution is -0.111. The van der Waals surface area contributed by atoms with Crippen LogP contribution in [-0.4, -0.2) is 62.0 Å². The largest absolute Gasteiger partial charge is 0.367 e. The van der Waals surface area contributed by atoms with Crippen molar-refractivity contribution in [3.05, 3.63) is 65.3 Å². The fraction of sp³-hybridized carbons (Fsp3) is 0.333. The lowest BCUT2D eigenvalue weighted by Gasteiger charge is -2.36. The molecule has 4 rings (SSSR count). The third kappa shape index (κ3) is 4.28. The maximum Gasteiger partial charge on any atom is 0.183 e. The number of likely N-dealkylation sites (N-methyl/N-ethyl adjacent to an activating group) is 2. The van der Waals surface area contributed by atoms with Crippen molar-refractivity contribution in [3.63, 3.8) is 0 Å². The number of rotatable bonds is 5. The molecule has 2 aliphatic heterocycles. The van der Waals surface area contributed by atoms with E-state index in [9.17, 15) is 9.18 Å². The Balaban J connectivity index is 1.61. The molecule has 0 N–H and O–H groups in total. The Morgan fingerprint density at radius 2 is 2.00 bits per heavy atom. The van der Waals surface area contributed by atoms with Gasteiger partial charge in [0.15, 0.2) is 5.78 Å². The van der Waals surface area contributed by atoms with Crippen molar-refractivity contribution in [2.45, 2.75) is 6.92 Å². The van der Waals surface area contributed by atoms with Gasteiger partial charge in [0, 0.05) is 68.5 Å². The van der Waals surface area contributed by atoms with Gasteiger partial charge in [0.25, 0.3) is 0 Å². The van der Waals surface area contributed by atoms with Crippen molar-refractivity contribution < 1.29 is 9.18 Å². The zero-order valence-corrected chi connectivity index (χ0v) is 17.5. The van der Waals surface area contributed by atoms with Crippen LogP contribution < -0.4 is 9.80 Å². The van der Waals surface area contributed by atoms with Crippen LogP contribution in [0.1, 0.15) is 18.1 Å². The van der Waals surface area contributed by atoms with Gasteiger partial charge in [-0.05, 0) is 56.0 Å². The SMILES string of the molecule is CCN1CC(C(=O)C=Cc2cccnc2)=Cc2cc(F)c(N3CCN(C)CC3)cc21. The molecule has 1 fully saturated rings. The number of carbonyl (C=O) groups excluding carboxylic acids is 1. The van der Waals surface area contributed by atoms with Crippen LogP contribution in [0.2, 0.25) is 0 Å². The van der Waals surface area contributed by atoms with Crippen LogP contribution >= 0.6 is 0 Å². The van der Waals surface area contributed by atoms with Crippen molar-refractivity contribution in [3.8, 4) is 0 Å². The number of allylic oxidation sites excluding steroid dienone is 1. The maximum absolute atomic E-state index is 15.0. The minimum atomic E-state index is -0.231. The summed E-state index contributed by atoms with van der Waals surface area (Å²) in [5.41, 5.74) is 3.94. The monoisotopic (exact) mass is 406 g/mol. The summed E-state index contributed by atoms with van der Waals surface area (Å²) in [6.45, 7) is 6.81. The van der Waals surface area contributed by atoms with E-state index < -0.39 is 0 Å². The van der Waals surface area contributed by atoms with Crippen LogP contribution in [-0.2, 0) is 4.79 Å². The van der Waals surface area contributed by atoms with E-state index in [0.29, 0.717) is 17.8 Å². The Labute approximate surface area is 177 Å². The number of aromatic nitrogens is 1.